The van der Waals surface area contributed by atoms with Crippen molar-refractivity contribution >= 4 is 5.82 Å². The summed E-state index contributed by atoms with van der Waals surface area (Å²) in [6.07, 6.45) is 0.899. The Labute approximate surface area is 122 Å². The van der Waals surface area contributed by atoms with Crippen LogP contribution in [0.3, 0.4) is 0 Å². The molecule has 0 atom stereocenters. The lowest BCUT2D eigenvalue weighted by molar-refractivity contribution is 0.311. The van der Waals surface area contributed by atoms with E-state index in [9.17, 15) is 4.79 Å². The second-order valence-corrected chi connectivity index (χ2v) is 4.47. The largest absolute Gasteiger partial charge is 0.493 e. The molecule has 0 saturated heterocycles. The smallest absolute Gasteiger partial charge is 0.253 e. The standard InChI is InChI=1S/C15H19N3O3/c1-2-9-21-12-6-4-3-5-11(12)15-17-13(16-7-8-19)10-14(20)18-15/h3-6,10,19H,2,7-9H2,1H3,(H2,16,17,18,20). The van der Waals surface area contributed by atoms with Crippen LogP contribution in [0, 0.1) is 0 Å². The summed E-state index contributed by atoms with van der Waals surface area (Å²) in [6.45, 7) is 2.94. The number of ether oxygens (including phenoxy) is 1. The maximum absolute atomic E-state index is 11.7. The summed E-state index contributed by atoms with van der Waals surface area (Å²) in [4.78, 5) is 18.8. The molecule has 0 fully saturated rings. The van der Waals surface area contributed by atoms with Crippen molar-refractivity contribution in [2.24, 2.45) is 0 Å². The molecule has 0 saturated carbocycles. The number of nitrogens with one attached hydrogen (secondary N) is 2. The minimum absolute atomic E-state index is 0.0278. The number of aliphatic hydroxyl groups excluding tert-OH is 1. The number of rotatable bonds is 7. The first kappa shape index (κ1) is 15.1. The van der Waals surface area contributed by atoms with Crippen molar-refractivity contribution in [1.82, 2.24) is 9.97 Å². The third kappa shape index (κ3) is 4.06. The van der Waals surface area contributed by atoms with Gasteiger partial charge in [-0.2, -0.15) is 0 Å². The zero-order chi connectivity index (χ0) is 15.1. The predicted molar refractivity (Wildman–Crippen MR) is 81.7 cm³/mol. The summed E-state index contributed by atoms with van der Waals surface area (Å²) in [5.41, 5.74) is 0.474. The van der Waals surface area contributed by atoms with Crippen LogP contribution in [0.4, 0.5) is 5.82 Å². The van der Waals surface area contributed by atoms with E-state index in [1.807, 2.05) is 31.2 Å². The minimum atomic E-state index is -0.259. The Morgan fingerprint density at radius 1 is 1.38 bits per heavy atom. The monoisotopic (exact) mass is 289 g/mol. The number of benzene rings is 1. The summed E-state index contributed by atoms with van der Waals surface area (Å²) in [6, 6.07) is 8.79. The number of hydrogen-bond acceptors (Lipinski definition) is 5. The molecule has 0 amide bonds. The molecule has 0 aliphatic carbocycles. The van der Waals surface area contributed by atoms with Gasteiger partial charge in [0.25, 0.3) is 5.56 Å². The van der Waals surface area contributed by atoms with Gasteiger partial charge in [-0.15, -0.1) is 0 Å². The molecule has 0 bridgehead atoms. The van der Waals surface area contributed by atoms with Gasteiger partial charge in [0, 0.05) is 12.6 Å². The number of H-pyrrole nitrogens is 1. The molecule has 0 unspecified atom stereocenters. The van der Waals surface area contributed by atoms with Crippen LogP contribution in [0.5, 0.6) is 5.75 Å². The quantitative estimate of drug-likeness (QED) is 0.721. The van der Waals surface area contributed by atoms with Crippen molar-refractivity contribution < 1.29 is 9.84 Å². The van der Waals surface area contributed by atoms with Crippen LogP contribution in [0.15, 0.2) is 35.1 Å². The topological polar surface area (TPSA) is 87.2 Å². The number of aromatic amines is 1. The van der Waals surface area contributed by atoms with E-state index >= 15 is 0 Å². The minimum Gasteiger partial charge on any atom is -0.493 e. The zero-order valence-corrected chi connectivity index (χ0v) is 11.9. The van der Waals surface area contributed by atoms with Gasteiger partial charge in [0.05, 0.1) is 18.8 Å². The summed E-state index contributed by atoms with van der Waals surface area (Å²) in [5.74, 6) is 1.55. The van der Waals surface area contributed by atoms with Gasteiger partial charge in [-0.25, -0.2) is 4.98 Å². The van der Waals surface area contributed by atoms with Gasteiger partial charge in [-0.3, -0.25) is 4.79 Å². The Kier molecular flexibility index (Phi) is 5.34. The molecule has 0 radical (unpaired) electrons. The van der Waals surface area contributed by atoms with Crippen LogP contribution in [-0.4, -0.2) is 34.8 Å². The fourth-order valence-electron chi connectivity index (χ4n) is 1.86. The first-order valence-corrected chi connectivity index (χ1v) is 6.93. The SMILES string of the molecule is CCCOc1ccccc1-c1nc(NCCO)cc(=O)[nH]1. The van der Waals surface area contributed by atoms with E-state index in [4.69, 9.17) is 9.84 Å². The fourth-order valence-corrected chi connectivity index (χ4v) is 1.86. The van der Waals surface area contributed by atoms with Crippen LogP contribution in [0.1, 0.15) is 13.3 Å². The van der Waals surface area contributed by atoms with Gasteiger partial charge in [-0.05, 0) is 18.6 Å². The van der Waals surface area contributed by atoms with E-state index in [-0.39, 0.29) is 12.2 Å². The summed E-state index contributed by atoms with van der Waals surface area (Å²) >= 11 is 0. The van der Waals surface area contributed by atoms with E-state index in [0.29, 0.717) is 30.5 Å². The Balaban J connectivity index is 2.37. The van der Waals surface area contributed by atoms with Crippen molar-refractivity contribution in [3.63, 3.8) is 0 Å². The van der Waals surface area contributed by atoms with E-state index in [0.717, 1.165) is 12.0 Å². The highest BCUT2D eigenvalue weighted by molar-refractivity contribution is 5.65. The van der Waals surface area contributed by atoms with Crippen LogP contribution in [-0.2, 0) is 0 Å². The molecule has 1 aromatic carbocycles. The number of aliphatic hydroxyl groups is 1. The van der Waals surface area contributed by atoms with E-state index < -0.39 is 0 Å². The molecule has 2 aromatic rings. The first-order valence-electron chi connectivity index (χ1n) is 6.93. The van der Waals surface area contributed by atoms with Crippen molar-refractivity contribution in [1.29, 1.82) is 0 Å². The van der Waals surface area contributed by atoms with Gasteiger partial charge < -0.3 is 20.1 Å². The summed E-state index contributed by atoms with van der Waals surface area (Å²) in [7, 11) is 0. The van der Waals surface area contributed by atoms with Crippen LogP contribution in [0.25, 0.3) is 11.4 Å². The highest BCUT2D eigenvalue weighted by atomic mass is 16.5. The van der Waals surface area contributed by atoms with Crippen molar-refractivity contribution in [3.8, 4) is 17.1 Å². The lowest BCUT2D eigenvalue weighted by Gasteiger charge is -2.11. The van der Waals surface area contributed by atoms with Gasteiger partial charge in [0.15, 0.2) is 0 Å². The third-order valence-corrected chi connectivity index (χ3v) is 2.76. The summed E-state index contributed by atoms with van der Waals surface area (Å²) in [5, 5.41) is 11.7. The first-order chi connectivity index (χ1) is 10.2. The van der Waals surface area contributed by atoms with E-state index in [2.05, 4.69) is 15.3 Å². The van der Waals surface area contributed by atoms with Crippen molar-refractivity contribution in [2.75, 3.05) is 25.1 Å². The average molecular weight is 289 g/mol. The van der Waals surface area contributed by atoms with Crippen LogP contribution >= 0.6 is 0 Å². The molecule has 2 rings (SSSR count). The molecule has 0 aliphatic heterocycles. The summed E-state index contributed by atoms with van der Waals surface area (Å²) < 4.78 is 5.68. The molecular weight excluding hydrogens is 270 g/mol. The Bertz CT molecular complexity index is 640. The van der Waals surface area contributed by atoms with Crippen LogP contribution < -0.4 is 15.6 Å². The molecule has 21 heavy (non-hydrogen) atoms. The lowest BCUT2D eigenvalue weighted by Crippen LogP contribution is -2.14. The molecule has 3 N–H and O–H groups in total. The van der Waals surface area contributed by atoms with Gasteiger partial charge in [0.1, 0.15) is 17.4 Å². The van der Waals surface area contributed by atoms with Gasteiger partial charge in [0.2, 0.25) is 0 Å². The number of hydrogen-bond donors (Lipinski definition) is 3. The second-order valence-electron chi connectivity index (χ2n) is 4.47. The van der Waals surface area contributed by atoms with Gasteiger partial charge in [-0.1, -0.05) is 19.1 Å². The van der Waals surface area contributed by atoms with E-state index in [1.54, 1.807) is 0 Å². The third-order valence-electron chi connectivity index (χ3n) is 2.76. The molecule has 112 valence electrons. The average Bonchev–Trinajstić information content (AvgIpc) is 2.50. The number of para-hydroxylation sites is 1. The fraction of sp³-hybridized carbons (Fsp3) is 0.333. The molecule has 1 aromatic heterocycles. The number of nitrogens with zero attached hydrogens (tertiary/aromatic N) is 1. The van der Waals surface area contributed by atoms with Gasteiger partial charge >= 0.3 is 0 Å². The Morgan fingerprint density at radius 3 is 2.95 bits per heavy atom. The van der Waals surface area contributed by atoms with E-state index in [1.165, 1.54) is 6.07 Å². The Hall–Kier alpha value is -2.34. The maximum Gasteiger partial charge on any atom is 0.253 e. The zero-order valence-electron chi connectivity index (χ0n) is 11.9. The highest BCUT2D eigenvalue weighted by Gasteiger charge is 2.09. The normalized spacial score (nSPS) is 10.4. The Morgan fingerprint density at radius 2 is 2.19 bits per heavy atom. The molecule has 6 heteroatoms. The molecular formula is C15H19N3O3. The molecule has 6 nitrogen and oxygen atoms in total. The highest BCUT2D eigenvalue weighted by Crippen LogP contribution is 2.27. The second kappa shape index (κ2) is 7.44. The molecule has 1 heterocycles. The molecule has 0 spiro atoms. The predicted octanol–water partition coefficient (Wildman–Crippen LogP) is 1.63. The number of anilines is 1. The maximum atomic E-state index is 11.7. The van der Waals surface area contributed by atoms with Crippen molar-refractivity contribution in [3.05, 3.63) is 40.7 Å². The lowest BCUT2D eigenvalue weighted by atomic mass is 10.2. The molecule has 0 aliphatic rings. The number of aromatic nitrogens is 2. The van der Waals surface area contributed by atoms with Crippen LogP contribution in [0.2, 0.25) is 0 Å². The van der Waals surface area contributed by atoms with Crippen molar-refractivity contribution in [2.45, 2.75) is 13.3 Å².